The second-order valence-electron chi connectivity index (χ2n) is 4.48. The van der Waals surface area contributed by atoms with Gasteiger partial charge in [0.1, 0.15) is 0 Å². The molecule has 0 unspecified atom stereocenters. The van der Waals surface area contributed by atoms with Crippen molar-refractivity contribution < 1.29 is 13.2 Å². The highest BCUT2D eigenvalue weighted by Crippen LogP contribution is 2.48. The van der Waals surface area contributed by atoms with Crippen LogP contribution in [-0.4, -0.2) is 12.1 Å². The predicted molar refractivity (Wildman–Crippen MR) is 55.5 cm³/mol. The lowest BCUT2D eigenvalue weighted by atomic mass is 10.1. The van der Waals surface area contributed by atoms with Crippen molar-refractivity contribution in [1.29, 1.82) is 0 Å². The van der Waals surface area contributed by atoms with E-state index in [0.717, 1.165) is 18.9 Å². The standard InChI is InChI=1S/C11H11F3N2/c12-11(13,14)7-2-1-3-8-9(7)16-10(4-5-10)6-15-8/h1-3,15-16H,4-6H2. The number of hydrogen-bond acceptors (Lipinski definition) is 2. The molecule has 3 rings (SSSR count). The van der Waals surface area contributed by atoms with Gasteiger partial charge in [0.25, 0.3) is 0 Å². The Morgan fingerprint density at radius 3 is 2.56 bits per heavy atom. The molecule has 1 aliphatic heterocycles. The summed E-state index contributed by atoms with van der Waals surface area (Å²) < 4.78 is 38.3. The molecule has 0 radical (unpaired) electrons. The van der Waals surface area contributed by atoms with Crippen LogP contribution in [0.4, 0.5) is 24.5 Å². The summed E-state index contributed by atoms with van der Waals surface area (Å²) in [4.78, 5) is 0. The number of anilines is 2. The maximum Gasteiger partial charge on any atom is 0.418 e. The highest BCUT2D eigenvalue weighted by Gasteiger charge is 2.47. The number of fused-ring (bicyclic) bond motifs is 1. The van der Waals surface area contributed by atoms with Crippen LogP contribution in [0.15, 0.2) is 18.2 Å². The predicted octanol–water partition coefficient (Wildman–Crippen LogP) is 3.08. The number of alkyl halides is 3. The van der Waals surface area contributed by atoms with Gasteiger partial charge in [-0.3, -0.25) is 0 Å². The van der Waals surface area contributed by atoms with Gasteiger partial charge in [0, 0.05) is 6.54 Å². The lowest BCUT2D eigenvalue weighted by Crippen LogP contribution is -2.36. The monoisotopic (exact) mass is 228 g/mol. The van der Waals surface area contributed by atoms with Crippen LogP contribution >= 0.6 is 0 Å². The third kappa shape index (κ3) is 1.42. The van der Waals surface area contributed by atoms with Crippen molar-refractivity contribution in [2.75, 3.05) is 17.2 Å². The SMILES string of the molecule is FC(F)(F)c1cccc2c1NC1(CC1)CN2. The summed E-state index contributed by atoms with van der Waals surface area (Å²) in [6, 6.07) is 4.23. The zero-order valence-corrected chi connectivity index (χ0v) is 8.49. The first-order valence-corrected chi connectivity index (χ1v) is 5.23. The molecule has 2 N–H and O–H groups in total. The van der Waals surface area contributed by atoms with Crippen LogP contribution in [0.3, 0.4) is 0 Å². The fourth-order valence-electron chi connectivity index (χ4n) is 2.10. The summed E-state index contributed by atoms with van der Waals surface area (Å²) in [5.41, 5.74) is 0.0449. The van der Waals surface area contributed by atoms with E-state index in [1.807, 2.05) is 0 Å². The molecule has 1 heterocycles. The third-order valence-corrected chi connectivity index (χ3v) is 3.23. The first-order chi connectivity index (χ1) is 7.50. The van der Waals surface area contributed by atoms with Gasteiger partial charge in [-0.15, -0.1) is 0 Å². The first-order valence-electron chi connectivity index (χ1n) is 5.23. The molecule has 1 aromatic carbocycles. The van der Waals surface area contributed by atoms with Crippen LogP contribution in [0.25, 0.3) is 0 Å². The van der Waals surface area contributed by atoms with Gasteiger partial charge in [-0.25, -0.2) is 0 Å². The topological polar surface area (TPSA) is 24.1 Å². The largest absolute Gasteiger partial charge is 0.418 e. The van der Waals surface area contributed by atoms with Gasteiger partial charge in [0.05, 0.1) is 22.5 Å². The molecule has 0 bridgehead atoms. The van der Waals surface area contributed by atoms with Gasteiger partial charge < -0.3 is 10.6 Å². The molecular formula is C11H11F3N2. The zero-order valence-electron chi connectivity index (χ0n) is 8.49. The fraction of sp³-hybridized carbons (Fsp3) is 0.455. The molecule has 1 fully saturated rings. The van der Waals surface area contributed by atoms with E-state index in [1.165, 1.54) is 6.07 Å². The molecule has 5 heteroatoms. The number of benzene rings is 1. The highest BCUT2D eigenvalue weighted by molar-refractivity contribution is 5.77. The van der Waals surface area contributed by atoms with E-state index >= 15 is 0 Å². The smallest absolute Gasteiger partial charge is 0.381 e. The van der Waals surface area contributed by atoms with E-state index in [0.29, 0.717) is 12.2 Å². The second-order valence-corrected chi connectivity index (χ2v) is 4.48. The highest BCUT2D eigenvalue weighted by atomic mass is 19.4. The Labute approximate surface area is 90.8 Å². The van der Waals surface area contributed by atoms with E-state index in [2.05, 4.69) is 10.6 Å². The minimum absolute atomic E-state index is 0.131. The van der Waals surface area contributed by atoms with Crippen molar-refractivity contribution in [2.45, 2.75) is 24.6 Å². The summed E-state index contributed by atoms with van der Waals surface area (Å²) in [6.07, 6.45) is -2.43. The van der Waals surface area contributed by atoms with Crippen molar-refractivity contribution in [3.63, 3.8) is 0 Å². The van der Waals surface area contributed by atoms with Crippen molar-refractivity contribution >= 4 is 11.4 Å². The van der Waals surface area contributed by atoms with Crippen LogP contribution in [0.2, 0.25) is 0 Å². The number of hydrogen-bond donors (Lipinski definition) is 2. The quantitative estimate of drug-likeness (QED) is 0.713. The van der Waals surface area contributed by atoms with Gasteiger partial charge in [-0.1, -0.05) is 6.07 Å². The van der Waals surface area contributed by atoms with Crippen molar-refractivity contribution in [3.05, 3.63) is 23.8 Å². The molecule has 0 atom stereocenters. The van der Waals surface area contributed by atoms with Gasteiger partial charge in [-0.2, -0.15) is 13.2 Å². The number of rotatable bonds is 0. The second kappa shape index (κ2) is 2.84. The maximum absolute atomic E-state index is 12.8. The molecular weight excluding hydrogens is 217 g/mol. The third-order valence-electron chi connectivity index (χ3n) is 3.23. The minimum Gasteiger partial charge on any atom is -0.381 e. The lowest BCUT2D eigenvalue weighted by molar-refractivity contribution is -0.136. The zero-order chi connectivity index (χ0) is 11.4. The van der Waals surface area contributed by atoms with Crippen LogP contribution in [0.1, 0.15) is 18.4 Å². The molecule has 0 aromatic heterocycles. The average molecular weight is 228 g/mol. The van der Waals surface area contributed by atoms with E-state index in [-0.39, 0.29) is 11.2 Å². The number of halogens is 3. The number of nitrogens with one attached hydrogen (secondary N) is 2. The lowest BCUT2D eigenvalue weighted by Gasteiger charge is -2.30. The molecule has 86 valence electrons. The van der Waals surface area contributed by atoms with Gasteiger partial charge in [-0.05, 0) is 25.0 Å². The van der Waals surface area contributed by atoms with E-state index < -0.39 is 11.7 Å². The molecule has 2 aliphatic rings. The Balaban J connectivity index is 2.08. The molecule has 1 aliphatic carbocycles. The Hall–Kier alpha value is -1.39. The Bertz CT molecular complexity index is 435. The van der Waals surface area contributed by atoms with E-state index in [9.17, 15) is 13.2 Å². The molecule has 0 saturated heterocycles. The molecule has 1 saturated carbocycles. The summed E-state index contributed by atoms with van der Waals surface area (Å²) >= 11 is 0. The van der Waals surface area contributed by atoms with Crippen molar-refractivity contribution in [2.24, 2.45) is 0 Å². The Morgan fingerprint density at radius 1 is 1.19 bits per heavy atom. The molecule has 16 heavy (non-hydrogen) atoms. The Morgan fingerprint density at radius 2 is 1.94 bits per heavy atom. The number of para-hydroxylation sites is 1. The molecule has 0 amide bonds. The van der Waals surface area contributed by atoms with E-state index in [4.69, 9.17) is 0 Å². The minimum atomic E-state index is -4.30. The summed E-state index contributed by atoms with van der Waals surface area (Å²) in [7, 11) is 0. The summed E-state index contributed by atoms with van der Waals surface area (Å²) in [6.45, 7) is 0.710. The Kier molecular flexibility index (Phi) is 1.74. The van der Waals surface area contributed by atoms with Crippen LogP contribution in [0, 0.1) is 0 Å². The summed E-state index contributed by atoms with van der Waals surface area (Å²) in [5, 5.41) is 6.11. The van der Waals surface area contributed by atoms with Gasteiger partial charge in [0.15, 0.2) is 0 Å². The average Bonchev–Trinajstić information content (AvgIpc) is 2.95. The summed E-state index contributed by atoms with van der Waals surface area (Å²) in [5.74, 6) is 0. The van der Waals surface area contributed by atoms with Crippen molar-refractivity contribution in [1.82, 2.24) is 0 Å². The fourth-order valence-corrected chi connectivity index (χ4v) is 2.10. The van der Waals surface area contributed by atoms with Gasteiger partial charge >= 0.3 is 6.18 Å². The normalized spacial score (nSPS) is 20.9. The molecule has 1 spiro atoms. The van der Waals surface area contributed by atoms with Gasteiger partial charge in [0.2, 0.25) is 0 Å². The molecule has 1 aromatic rings. The molecule has 2 nitrogen and oxygen atoms in total. The van der Waals surface area contributed by atoms with Crippen LogP contribution < -0.4 is 10.6 Å². The maximum atomic E-state index is 12.8. The first kappa shape index (κ1) is 9.81. The van der Waals surface area contributed by atoms with Crippen LogP contribution in [0.5, 0.6) is 0 Å². The van der Waals surface area contributed by atoms with Crippen LogP contribution in [-0.2, 0) is 6.18 Å². The van der Waals surface area contributed by atoms with E-state index in [1.54, 1.807) is 6.07 Å². The van der Waals surface area contributed by atoms with Crippen molar-refractivity contribution in [3.8, 4) is 0 Å².